The molecule has 0 aliphatic rings. The molecule has 1 aromatic carbocycles. The average Bonchev–Trinajstić information content (AvgIpc) is 2.17. The third-order valence-electron chi connectivity index (χ3n) is 1.99. The van der Waals surface area contributed by atoms with Gasteiger partial charge in [0.15, 0.2) is 9.84 Å². The van der Waals surface area contributed by atoms with Gasteiger partial charge in [0.25, 0.3) is 0 Å². The molecule has 0 heterocycles. The van der Waals surface area contributed by atoms with Crippen LogP contribution in [0.1, 0.15) is 17.3 Å². The van der Waals surface area contributed by atoms with Gasteiger partial charge in [0.05, 0.1) is 16.2 Å². The van der Waals surface area contributed by atoms with Crippen LogP contribution < -0.4 is 5.73 Å². The molecule has 15 heavy (non-hydrogen) atoms. The van der Waals surface area contributed by atoms with Gasteiger partial charge in [-0.05, 0) is 18.2 Å². The number of carbonyl (C=O) groups is 1. The molecule has 0 bridgehead atoms. The number of sulfone groups is 1. The molecule has 0 aliphatic carbocycles. The minimum absolute atomic E-state index is 0.0170. The number of rotatable bonds is 3. The maximum absolute atomic E-state index is 11.5. The van der Waals surface area contributed by atoms with Crippen molar-refractivity contribution in [1.82, 2.24) is 0 Å². The van der Waals surface area contributed by atoms with Gasteiger partial charge in [-0.3, -0.25) is 0 Å². The first kappa shape index (κ1) is 11.5. The van der Waals surface area contributed by atoms with E-state index in [1.807, 2.05) is 0 Å². The fraction of sp³-hybridized carbons (Fsp3) is 0.222. The van der Waals surface area contributed by atoms with Gasteiger partial charge in [0.2, 0.25) is 0 Å². The first-order valence-corrected chi connectivity index (χ1v) is 5.89. The molecule has 3 N–H and O–H groups in total. The topological polar surface area (TPSA) is 97.5 Å². The van der Waals surface area contributed by atoms with E-state index in [0.29, 0.717) is 0 Å². The van der Waals surface area contributed by atoms with Crippen molar-refractivity contribution in [2.45, 2.75) is 11.8 Å². The largest absolute Gasteiger partial charge is 0.478 e. The summed E-state index contributed by atoms with van der Waals surface area (Å²) < 4.78 is 22.9. The van der Waals surface area contributed by atoms with Crippen LogP contribution in [0, 0.1) is 0 Å². The van der Waals surface area contributed by atoms with Crippen molar-refractivity contribution in [2.75, 3.05) is 11.5 Å². The number of benzene rings is 1. The molecule has 0 radical (unpaired) electrons. The van der Waals surface area contributed by atoms with Crippen molar-refractivity contribution in [3.8, 4) is 0 Å². The molecule has 0 saturated heterocycles. The molecular formula is C9H11NO4S. The smallest absolute Gasteiger partial charge is 0.337 e. The van der Waals surface area contributed by atoms with Gasteiger partial charge < -0.3 is 10.8 Å². The van der Waals surface area contributed by atoms with Gasteiger partial charge in [0, 0.05) is 5.69 Å². The molecule has 6 heteroatoms. The van der Waals surface area contributed by atoms with Crippen LogP contribution in [0.4, 0.5) is 5.69 Å². The van der Waals surface area contributed by atoms with Crippen LogP contribution >= 0.6 is 0 Å². The zero-order chi connectivity index (χ0) is 11.6. The second-order valence-electron chi connectivity index (χ2n) is 2.96. The van der Waals surface area contributed by atoms with Crippen molar-refractivity contribution in [2.24, 2.45) is 0 Å². The molecule has 0 aromatic heterocycles. The predicted molar refractivity (Wildman–Crippen MR) is 55.5 cm³/mol. The standard InChI is InChI=1S/C9H11NO4S/c1-2-15(13,14)6-3-4-8(10)7(5-6)9(11)12/h3-5H,2,10H2,1H3,(H,11,12). The molecular weight excluding hydrogens is 218 g/mol. The van der Waals surface area contributed by atoms with E-state index in [4.69, 9.17) is 10.8 Å². The summed E-state index contributed by atoms with van der Waals surface area (Å²) >= 11 is 0. The second-order valence-corrected chi connectivity index (χ2v) is 5.24. The highest BCUT2D eigenvalue weighted by Gasteiger charge is 2.16. The SMILES string of the molecule is CCS(=O)(=O)c1ccc(N)c(C(=O)O)c1. The fourth-order valence-corrected chi connectivity index (χ4v) is 1.99. The van der Waals surface area contributed by atoms with E-state index < -0.39 is 15.8 Å². The van der Waals surface area contributed by atoms with E-state index in [1.54, 1.807) is 0 Å². The number of anilines is 1. The first-order chi connectivity index (χ1) is 6.88. The molecule has 0 amide bonds. The lowest BCUT2D eigenvalue weighted by molar-refractivity contribution is 0.0698. The van der Waals surface area contributed by atoms with Crippen molar-refractivity contribution in [3.63, 3.8) is 0 Å². The van der Waals surface area contributed by atoms with Gasteiger partial charge in [-0.1, -0.05) is 6.92 Å². The van der Waals surface area contributed by atoms with Crippen LogP contribution in [-0.2, 0) is 9.84 Å². The molecule has 1 aromatic rings. The van der Waals surface area contributed by atoms with Crippen LogP contribution in [0.15, 0.2) is 23.1 Å². The van der Waals surface area contributed by atoms with Gasteiger partial charge in [0.1, 0.15) is 0 Å². The minimum atomic E-state index is -3.39. The van der Waals surface area contributed by atoms with Crippen LogP contribution in [0.25, 0.3) is 0 Å². The summed E-state index contributed by atoms with van der Waals surface area (Å²) in [7, 11) is -3.39. The minimum Gasteiger partial charge on any atom is -0.478 e. The number of aromatic carboxylic acids is 1. The number of carboxylic acid groups (broad SMARTS) is 1. The molecule has 0 atom stereocenters. The first-order valence-electron chi connectivity index (χ1n) is 4.24. The Labute approximate surface area is 87.4 Å². The van der Waals surface area contributed by atoms with E-state index in [2.05, 4.69) is 0 Å². The monoisotopic (exact) mass is 229 g/mol. The molecule has 0 aliphatic heterocycles. The summed E-state index contributed by atoms with van der Waals surface area (Å²) in [5.41, 5.74) is 5.26. The Hall–Kier alpha value is -1.56. The van der Waals surface area contributed by atoms with Gasteiger partial charge in [-0.25, -0.2) is 13.2 Å². The Morgan fingerprint density at radius 2 is 2.07 bits per heavy atom. The third kappa shape index (κ3) is 2.27. The Kier molecular flexibility index (Phi) is 2.99. The van der Waals surface area contributed by atoms with Gasteiger partial charge in [-0.15, -0.1) is 0 Å². The summed E-state index contributed by atoms with van der Waals surface area (Å²) in [6.45, 7) is 1.49. The lowest BCUT2D eigenvalue weighted by atomic mass is 10.2. The van der Waals surface area contributed by atoms with E-state index in [1.165, 1.54) is 19.1 Å². The van der Waals surface area contributed by atoms with Crippen LogP contribution in [0.5, 0.6) is 0 Å². The number of hydrogen-bond acceptors (Lipinski definition) is 4. The molecule has 82 valence electrons. The highest BCUT2D eigenvalue weighted by atomic mass is 32.2. The number of nitrogens with two attached hydrogens (primary N) is 1. The lowest BCUT2D eigenvalue weighted by Gasteiger charge is -2.04. The molecule has 0 spiro atoms. The van der Waals surface area contributed by atoms with Crippen LogP contribution in [0.3, 0.4) is 0 Å². The summed E-state index contributed by atoms with van der Waals surface area (Å²) in [6, 6.07) is 3.67. The zero-order valence-corrected chi connectivity index (χ0v) is 8.91. The van der Waals surface area contributed by atoms with Crippen molar-refractivity contribution in [3.05, 3.63) is 23.8 Å². The predicted octanol–water partition coefficient (Wildman–Crippen LogP) is 0.761. The fourth-order valence-electron chi connectivity index (χ4n) is 1.08. The number of nitrogen functional groups attached to an aromatic ring is 1. The van der Waals surface area contributed by atoms with E-state index >= 15 is 0 Å². The van der Waals surface area contributed by atoms with Gasteiger partial charge >= 0.3 is 5.97 Å². The van der Waals surface area contributed by atoms with Crippen LogP contribution in [0.2, 0.25) is 0 Å². The van der Waals surface area contributed by atoms with E-state index in [0.717, 1.165) is 6.07 Å². The van der Waals surface area contributed by atoms with E-state index in [9.17, 15) is 13.2 Å². The Morgan fingerprint density at radius 3 is 2.53 bits per heavy atom. The highest BCUT2D eigenvalue weighted by Crippen LogP contribution is 2.18. The maximum Gasteiger partial charge on any atom is 0.337 e. The summed E-state index contributed by atoms with van der Waals surface area (Å²) in [6.07, 6.45) is 0. The molecule has 0 fully saturated rings. The number of hydrogen-bond donors (Lipinski definition) is 2. The Balaban J connectivity index is 3.38. The normalized spacial score (nSPS) is 11.3. The Bertz CT molecular complexity index is 493. The number of carboxylic acids is 1. The maximum atomic E-state index is 11.5. The lowest BCUT2D eigenvalue weighted by Crippen LogP contribution is -2.08. The second kappa shape index (κ2) is 3.90. The average molecular weight is 229 g/mol. The highest BCUT2D eigenvalue weighted by molar-refractivity contribution is 7.91. The quantitative estimate of drug-likeness (QED) is 0.746. The Morgan fingerprint density at radius 1 is 1.47 bits per heavy atom. The third-order valence-corrected chi connectivity index (χ3v) is 3.73. The summed E-state index contributed by atoms with van der Waals surface area (Å²) in [5, 5.41) is 8.75. The van der Waals surface area contributed by atoms with Crippen molar-refractivity contribution >= 4 is 21.5 Å². The van der Waals surface area contributed by atoms with Crippen LogP contribution in [-0.4, -0.2) is 25.2 Å². The van der Waals surface area contributed by atoms with Crippen molar-refractivity contribution in [1.29, 1.82) is 0 Å². The van der Waals surface area contributed by atoms with Gasteiger partial charge in [-0.2, -0.15) is 0 Å². The van der Waals surface area contributed by atoms with E-state index in [-0.39, 0.29) is 21.9 Å². The summed E-state index contributed by atoms with van der Waals surface area (Å²) in [4.78, 5) is 10.7. The molecule has 0 unspecified atom stereocenters. The summed E-state index contributed by atoms with van der Waals surface area (Å²) in [5.74, 6) is -1.31. The zero-order valence-electron chi connectivity index (χ0n) is 8.10. The molecule has 5 nitrogen and oxygen atoms in total. The molecule has 0 saturated carbocycles. The molecule has 1 rings (SSSR count). The van der Waals surface area contributed by atoms with Crippen molar-refractivity contribution < 1.29 is 18.3 Å².